The lowest BCUT2D eigenvalue weighted by Crippen LogP contribution is -2.29. The van der Waals surface area contributed by atoms with Crippen molar-refractivity contribution in [3.05, 3.63) is 0 Å². The molecule has 0 aliphatic carbocycles. The molecule has 0 aromatic heterocycles. The molecule has 2 fully saturated rings. The van der Waals surface area contributed by atoms with Gasteiger partial charge in [0, 0.05) is 5.25 Å². The van der Waals surface area contributed by atoms with Gasteiger partial charge in [-0.25, -0.2) is 0 Å². The van der Waals surface area contributed by atoms with Crippen LogP contribution in [0.4, 0.5) is 0 Å². The molecule has 0 spiro atoms. The highest BCUT2D eigenvalue weighted by Crippen LogP contribution is 2.39. The van der Waals surface area contributed by atoms with E-state index in [1.54, 1.807) is 0 Å². The standard InChI is InChI=1S/C7H13NS/c1-3-8-4-2-7-6(1)5-9-7/h6-8H,1-5H2. The van der Waals surface area contributed by atoms with Crippen LogP contribution in [0.3, 0.4) is 0 Å². The van der Waals surface area contributed by atoms with Gasteiger partial charge in [0.05, 0.1) is 0 Å². The number of fused-ring (bicyclic) bond motifs is 1. The summed E-state index contributed by atoms with van der Waals surface area (Å²) >= 11 is 2.16. The highest BCUT2D eigenvalue weighted by atomic mass is 32.2. The summed E-state index contributed by atoms with van der Waals surface area (Å²) < 4.78 is 0. The summed E-state index contributed by atoms with van der Waals surface area (Å²) in [6.45, 7) is 2.52. The first-order valence-corrected chi connectivity index (χ1v) is 4.84. The minimum absolute atomic E-state index is 1.03. The van der Waals surface area contributed by atoms with E-state index in [1.807, 2.05) is 0 Å². The Bertz CT molecular complexity index is 93.1. The average Bonchev–Trinajstić information content (AvgIpc) is 1.94. The Kier molecular flexibility index (Phi) is 1.68. The molecule has 0 saturated carbocycles. The van der Waals surface area contributed by atoms with Crippen LogP contribution in [0.15, 0.2) is 0 Å². The van der Waals surface area contributed by atoms with Crippen LogP contribution >= 0.6 is 11.8 Å². The second kappa shape index (κ2) is 2.51. The summed E-state index contributed by atoms with van der Waals surface area (Å²) in [5.41, 5.74) is 0. The highest BCUT2D eigenvalue weighted by Gasteiger charge is 2.31. The van der Waals surface area contributed by atoms with E-state index in [0.29, 0.717) is 0 Å². The third-order valence-electron chi connectivity index (χ3n) is 2.35. The van der Waals surface area contributed by atoms with E-state index in [-0.39, 0.29) is 0 Å². The molecule has 0 aromatic rings. The topological polar surface area (TPSA) is 12.0 Å². The minimum Gasteiger partial charge on any atom is -0.317 e. The molecule has 2 saturated heterocycles. The van der Waals surface area contributed by atoms with E-state index in [4.69, 9.17) is 0 Å². The molecule has 2 heteroatoms. The molecular formula is C7H13NS. The number of hydrogen-bond donors (Lipinski definition) is 1. The Morgan fingerprint density at radius 1 is 1.22 bits per heavy atom. The third kappa shape index (κ3) is 1.10. The fourth-order valence-electron chi connectivity index (χ4n) is 1.61. The fraction of sp³-hybridized carbons (Fsp3) is 1.00. The molecular weight excluding hydrogens is 130 g/mol. The molecule has 2 atom stereocenters. The van der Waals surface area contributed by atoms with Crippen molar-refractivity contribution in [1.29, 1.82) is 0 Å². The van der Waals surface area contributed by atoms with E-state index >= 15 is 0 Å². The predicted octanol–water partition coefficient (Wildman–Crippen LogP) is 1.10. The third-order valence-corrected chi connectivity index (χ3v) is 4.02. The molecule has 2 rings (SSSR count). The van der Waals surface area contributed by atoms with Gasteiger partial charge in [-0.2, -0.15) is 11.8 Å². The van der Waals surface area contributed by atoms with Crippen LogP contribution in [0.25, 0.3) is 0 Å². The molecule has 2 heterocycles. The molecule has 0 radical (unpaired) electrons. The normalized spacial score (nSPS) is 42.7. The summed E-state index contributed by atoms with van der Waals surface area (Å²) in [4.78, 5) is 0. The SMILES string of the molecule is C1CC2CSC2CCN1. The second-order valence-corrected chi connectivity index (χ2v) is 4.23. The Hall–Kier alpha value is 0.310. The first kappa shape index (κ1) is 6.05. The van der Waals surface area contributed by atoms with Gasteiger partial charge in [0.2, 0.25) is 0 Å². The van der Waals surface area contributed by atoms with Gasteiger partial charge in [0.15, 0.2) is 0 Å². The number of thioether (sulfide) groups is 1. The lowest BCUT2D eigenvalue weighted by Gasteiger charge is -2.33. The monoisotopic (exact) mass is 143 g/mol. The van der Waals surface area contributed by atoms with Crippen LogP contribution in [0.1, 0.15) is 12.8 Å². The Morgan fingerprint density at radius 3 is 2.89 bits per heavy atom. The van der Waals surface area contributed by atoms with Crippen LogP contribution in [0, 0.1) is 5.92 Å². The lowest BCUT2D eigenvalue weighted by atomic mass is 10.0. The van der Waals surface area contributed by atoms with Gasteiger partial charge in [-0.1, -0.05) is 0 Å². The molecule has 2 aliphatic rings. The fourth-order valence-corrected chi connectivity index (χ4v) is 2.94. The van der Waals surface area contributed by atoms with Gasteiger partial charge < -0.3 is 5.32 Å². The van der Waals surface area contributed by atoms with Gasteiger partial charge in [0.1, 0.15) is 0 Å². The maximum absolute atomic E-state index is 3.43. The van der Waals surface area contributed by atoms with E-state index in [0.717, 1.165) is 11.2 Å². The molecule has 0 amide bonds. The molecule has 2 aliphatic heterocycles. The number of nitrogens with one attached hydrogen (secondary N) is 1. The number of hydrogen-bond acceptors (Lipinski definition) is 2. The summed E-state index contributed by atoms with van der Waals surface area (Å²) in [5.74, 6) is 2.51. The van der Waals surface area contributed by atoms with Crippen LogP contribution in [-0.4, -0.2) is 24.1 Å². The van der Waals surface area contributed by atoms with Crippen LogP contribution in [0.2, 0.25) is 0 Å². The van der Waals surface area contributed by atoms with E-state index < -0.39 is 0 Å². The largest absolute Gasteiger partial charge is 0.317 e. The smallest absolute Gasteiger partial charge is 0.00958 e. The predicted molar refractivity (Wildman–Crippen MR) is 41.8 cm³/mol. The average molecular weight is 143 g/mol. The molecule has 1 N–H and O–H groups in total. The first-order chi connectivity index (χ1) is 4.47. The van der Waals surface area contributed by atoms with E-state index in [2.05, 4.69) is 17.1 Å². The van der Waals surface area contributed by atoms with Crippen molar-refractivity contribution in [3.8, 4) is 0 Å². The zero-order valence-electron chi connectivity index (χ0n) is 5.60. The molecule has 2 unspecified atom stereocenters. The molecule has 1 nitrogen and oxygen atoms in total. The summed E-state index contributed by atoms with van der Waals surface area (Å²) in [5, 5.41) is 4.46. The van der Waals surface area contributed by atoms with Gasteiger partial charge in [-0.05, 0) is 37.6 Å². The van der Waals surface area contributed by atoms with Crippen molar-refractivity contribution in [2.75, 3.05) is 18.8 Å². The first-order valence-electron chi connectivity index (χ1n) is 3.79. The minimum atomic E-state index is 1.03. The Labute approximate surface area is 60.6 Å². The van der Waals surface area contributed by atoms with Gasteiger partial charge >= 0.3 is 0 Å². The van der Waals surface area contributed by atoms with Gasteiger partial charge in [-0.15, -0.1) is 0 Å². The summed E-state index contributed by atoms with van der Waals surface area (Å²) in [6.07, 6.45) is 2.84. The zero-order chi connectivity index (χ0) is 6.10. The molecule has 9 heavy (non-hydrogen) atoms. The lowest BCUT2D eigenvalue weighted by molar-refractivity contribution is 0.507. The van der Waals surface area contributed by atoms with Crippen molar-refractivity contribution in [1.82, 2.24) is 5.32 Å². The Balaban J connectivity index is 1.90. The second-order valence-electron chi connectivity index (χ2n) is 2.96. The maximum Gasteiger partial charge on any atom is 0.00958 e. The summed E-state index contributed by atoms with van der Waals surface area (Å²) in [6, 6.07) is 0. The quantitative estimate of drug-likeness (QED) is 0.545. The van der Waals surface area contributed by atoms with Gasteiger partial charge in [0.25, 0.3) is 0 Å². The molecule has 52 valence electrons. The van der Waals surface area contributed by atoms with Crippen molar-refractivity contribution in [2.45, 2.75) is 18.1 Å². The van der Waals surface area contributed by atoms with Gasteiger partial charge in [-0.3, -0.25) is 0 Å². The van der Waals surface area contributed by atoms with Crippen LogP contribution < -0.4 is 5.32 Å². The molecule has 0 bridgehead atoms. The zero-order valence-corrected chi connectivity index (χ0v) is 6.41. The molecule has 0 aromatic carbocycles. The highest BCUT2D eigenvalue weighted by molar-refractivity contribution is 8.01. The van der Waals surface area contributed by atoms with Crippen molar-refractivity contribution in [2.24, 2.45) is 5.92 Å². The van der Waals surface area contributed by atoms with E-state index in [1.165, 1.54) is 31.7 Å². The van der Waals surface area contributed by atoms with Crippen LogP contribution in [0.5, 0.6) is 0 Å². The van der Waals surface area contributed by atoms with Crippen molar-refractivity contribution < 1.29 is 0 Å². The maximum atomic E-state index is 3.43. The summed E-state index contributed by atoms with van der Waals surface area (Å²) in [7, 11) is 0. The van der Waals surface area contributed by atoms with Crippen LogP contribution in [-0.2, 0) is 0 Å². The van der Waals surface area contributed by atoms with Crippen molar-refractivity contribution >= 4 is 11.8 Å². The van der Waals surface area contributed by atoms with Crippen molar-refractivity contribution in [3.63, 3.8) is 0 Å². The van der Waals surface area contributed by atoms with E-state index in [9.17, 15) is 0 Å². The number of rotatable bonds is 0. The Morgan fingerprint density at radius 2 is 2.11 bits per heavy atom.